The normalized spacial score (nSPS) is 12.4. The van der Waals surface area contributed by atoms with Crippen molar-refractivity contribution >= 4 is 0 Å². The van der Waals surface area contributed by atoms with Gasteiger partial charge in [-0.2, -0.15) is 0 Å². The van der Waals surface area contributed by atoms with Crippen molar-refractivity contribution in [3.8, 4) is 11.5 Å². The van der Waals surface area contributed by atoms with E-state index in [4.69, 9.17) is 9.15 Å². The van der Waals surface area contributed by atoms with Crippen LogP contribution >= 0.6 is 0 Å². The molecule has 114 valence electrons. The van der Waals surface area contributed by atoms with Crippen LogP contribution in [0.1, 0.15) is 30.7 Å². The van der Waals surface area contributed by atoms with Gasteiger partial charge in [0.1, 0.15) is 23.9 Å². The molecule has 1 unspecified atom stereocenters. The van der Waals surface area contributed by atoms with Crippen molar-refractivity contribution in [3.05, 3.63) is 47.9 Å². The van der Waals surface area contributed by atoms with Crippen LogP contribution in [0, 0.1) is 0 Å². The molecule has 0 bridgehead atoms. The summed E-state index contributed by atoms with van der Waals surface area (Å²) in [6.45, 7) is 3.72. The van der Waals surface area contributed by atoms with Crippen LogP contribution in [0.2, 0.25) is 0 Å². The summed E-state index contributed by atoms with van der Waals surface area (Å²) in [5.74, 6) is 1.02. The number of nitrogens with one attached hydrogen (secondary N) is 1. The molecule has 1 atom stereocenters. The lowest BCUT2D eigenvalue weighted by Crippen LogP contribution is -2.21. The van der Waals surface area contributed by atoms with E-state index in [1.807, 2.05) is 19.1 Å². The molecular weight excluding hydrogens is 270 g/mol. The SMILES string of the molecule is CC(NCCCOCc1ccco1)c1c(O)cccc1O. The van der Waals surface area contributed by atoms with Gasteiger partial charge in [-0.15, -0.1) is 0 Å². The highest BCUT2D eigenvalue weighted by Crippen LogP contribution is 2.31. The lowest BCUT2D eigenvalue weighted by Gasteiger charge is -2.16. The Morgan fingerprint density at radius 1 is 1.19 bits per heavy atom. The number of phenolic OH excluding ortho intramolecular Hbond substituents is 2. The Morgan fingerprint density at radius 2 is 1.95 bits per heavy atom. The van der Waals surface area contributed by atoms with Gasteiger partial charge >= 0.3 is 0 Å². The Hall–Kier alpha value is -1.98. The van der Waals surface area contributed by atoms with Gasteiger partial charge in [0, 0.05) is 12.6 Å². The Balaban J connectivity index is 1.66. The lowest BCUT2D eigenvalue weighted by molar-refractivity contribution is 0.103. The molecule has 0 fully saturated rings. The number of ether oxygens (including phenoxy) is 1. The van der Waals surface area contributed by atoms with E-state index in [0.29, 0.717) is 18.8 Å². The van der Waals surface area contributed by atoms with Crippen LogP contribution in [0.4, 0.5) is 0 Å². The Morgan fingerprint density at radius 3 is 2.62 bits per heavy atom. The van der Waals surface area contributed by atoms with E-state index in [1.54, 1.807) is 24.5 Å². The third kappa shape index (κ3) is 4.51. The first kappa shape index (κ1) is 15.4. The number of furan rings is 1. The second-order valence-electron chi connectivity index (χ2n) is 4.87. The van der Waals surface area contributed by atoms with Gasteiger partial charge in [0.15, 0.2) is 0 Å². The Bertz CT molecular complexity index is 519. The zero-order valence-electron chi connectivity index (χ0n) is 12.1. The minimum absolute atomic E-state index is 0.101. The third-order valence-corrected chi connectivity index (χ3v) is 3.23. The van der Waals surface area contributed by atoms with E-state index in [0.717, 1.165) is 18.7 Å². The van der Waals surface area contributed by atoms with E-state index in [-0.39, 0.29) is 17.5 Å². The number of hydrogen-bond acceptors (Lipinski definition) is 5. The third-order valence-electron chi connectivity index (χ3n) is 3.23. The van der Waals surface area contributed by atoms with E-state index in [9.17, 15) is 10.2 Å². The van der Waals surface area contributed by atoms with E-state index in [1.165, 1.54) is 0 Å². The maximum atomic E-state index is 9.77. The summed E-state index contributed by atoms with van der Waals surface area (Å²) in [7, 11) is 0. The van der Waals surface area contributed by atoms with E-state index < -0.39 is 0 Å². The zero-order valence-corrected chi connectivity index (χ0v) is 12.1. The first-order valence-electron chi connectivity index (χ1n) is 7.03. The summed E-state index contributed by atoms with van der Waals surface area (Å²) in [5, 5.41) is 22.8. The van der Waals surface area contributed by atoms with Crippen LogP contribution in [0.3, 0.4) is 0 Å². The van der Waals surface area contributed by atoms with Gasteiger partial charge in [-0.1, -0.05) is 6.07 Å². The molecule has 0 saturated heterocycles. The van der Waals surface area contributed by atoms with Crippen LogP contribution in [-0.4, -0.2) is 23.4 Å². The highest BCUT2D eigenvalue weighted by molar-refractivity contribution is 5.44. The van der Waals surface area contributed by atoms with Crippen molar-refractivity contribution in [2.45, 2.75) is 26.0 Å². The molecule has 5 heteroatoms. The molecular formula is C16H21NO4. The van der Waals surface area contributed by atoms with Crippen molar-refractivity contribution < 1.29 is 19.4 Å². The summed E-state index contributed by atoms with van der Waals surface area (Å²) in [5.41, 5.74) is 0.522. The summed E-state index contributed by atoms with van der Waals surface area (Å²) >= 11 is 0. The number of benzene rings is 1. The zero-order chi connectivity index (χ0) is 15.1. The molecule has 0 saturated carbocycles. The molecule has 21 heavy (non-hydrogen) atoms. The summed E-state index contributed by atoms with van der Waals surface area (Å²) < 4.78 is 10.6. The smallest absolute Gasteiger partial charge is 0.129 e. The van der Waals surface area contributed by atoms with Crippen molar-refractivity contribution in [2.24, 2.45) is 0 Å². The summed E-state index contributed by atoms with van der Waals surface area (Å²) in [6.07, 6.45) is 2.46. The van der Waals surface area contributed by atoms with E-state index >= 15 is 0 Å². The first-order chi connectivity index (χ1) is 10.2. The molecule has 3 N–H and O–H groups in total. The van der Waals surface area contributed by atoms with Gasteiger partial charge in [0.2, 0.25) is 0 Å². The molecule has 1 aromatic heterocycles. The lowest BCUT2D eigenvalue weighted by atomic mass is 10.1. The number of rotatable bonds is 8. The van der Waals surface area contributed by atoms with Gasteiger partial charge < -0.3 is 24.7 Å². The molecule has 0 radical (unpaired) electrons. The molecule has 5 nitrogen and oxygen atoms in total. The maximum absolute atomic E-state index is 9.77. The first-order valence-corrected chi connectivity index (χ1v) is 7.03. The summed E-state index contributed by atoms with van der Waals surface area (Å²) in [6, 6.07) is 8.33. The van der Waals surface area contributed by atoms with Crippen molar-refractivity contribution in [1.82, 2.24) is 5.32 Å². The average molecular weight is 291 g/mol. The van der Waals surface area contributed by atoms with Crippen LogP contribution < -0.4 is 5.32 Å². The van der Waals surface area contributed by atoms with Crippen molar-refractivity contribution in [3.63, 3.8) is 0 Å². The highest BCUT2D eigenvalue weighted by atomic mass is 16.5. The number of aromatic hydroxyl groups is 2. The molecule has 0 aliphatic rings. The molecule has 0 spiro atoms. The fraction of sp³-hybridized carbons (Fsp3) is 0.375. The van der Waals surface area contributed by atoms with Crippen molar-refractivity contribution in [1.29, 1.82) is 0 Å². The fourth-order valence-electron chi connectivity index (χ4n) is 2.15. The topological polar surface area (TPSA) is 74.9 Å². The van der Waals surface area contributed by atoms with Gasteiger partial charge in [-0.25, -0.2) is 0 Å². The summed E-state index contributed by atoms with van der Waals surface area (Å²) in [4.78, 5) is 0. The molecule has 2 rings (SSSR count). The standard InChI is InChI=1S/C16H21NO4/c1-12(16-14(18)6-2-7-15(16)19)17-8-4-9-20-11-13-5-3-10-21-13/h2-3,5-7,10,12,17-19H,4,8-9,11H2,1H3. The molecule has 1 heterocycles. The highest BCUT2D eigenvalue weighted by Gasteiger charge is 2.13. The predicted molar refractivity (Wildman–Crippen MR) is 79.2 cm³/mol. The van der Waals surface area contributed by atoms with Gasteiger partial charge in [0.25, 0.3) is 0 Å². The Labute approximate surface area is 124 Å². The van der Waals surface area contributed by atoms with Crippen LogP contribution in [0.5, 0.6) is 11.5 Å². The fourth-order valence-corrected chi connectivity index (χ4v) is 2.15. The largest absolute Gasteiger partial charge is 0.507 e. The number of phenols is 2. The van der Waals surface area contributed by atoms with Crippen LogP contribution in [0.25, 0.3) is 0 Å². The quantitative estimate of drug-likeness (QED) is 0.652. The van der Waals surface area contributed by atoms with E-state index in [2.05, 4.69) is 5.32 Å². The molecule has 0 aliphatic carbocycles. The molecule has 0 aliphatic heterocycles. The monoisotopic (exact) mass is 291 g/mol. The Kier molecular flexibility index (Phi) is 5.66. The van der Waals surface area contributed by atoms with Crippen LogP contribution in [-0.2, 0) is 11.3 Å². The predicted octanol–water partition coefficient (Wildman–Crippen LogP) is 2.95. The second kappa shape index (κ2) is 7.71. The van der Waals surface area contributed by atoms with Crippen LogP contribution in [0.15, 0.2) is 41.0 Å². The molecule has 2 aromatic rings. The molecule has 1 aromatic carbocycles. The second-order valence-corrected chi connectivity index (χ2v) is 4.87. The maximum Gasteiger partial charge on any atom is 0.129 e. The number of hydrogen-bond donors (Lipinski definition) is 3. The average Bonchev–Trinajstić information content (AvgIpc) is 2.95. The van der Waals surface area contributed by atoms with Gasteiger partial charge in [-0.05, 0) is 44.2 Å². The van der Waals surface area contributed by atoms with Crippen molar-refractivity contribution in [2.75, 3.05) is 13.2 Å². The van der Waals surface area contributed by atoms with Gasteiger partial charge in [0.05, 0.1) is 11.8 Å². The molecule has 0 amide bonds. The van der Waals surface area contributed by atoms with Gasteiger partial charge in [-0.3, -0.25) is 0 Å². The minimum atomic E-state index is -0.128. The minimum Gasteiger partial charge on any atom is -0.507 e.